The lowest BCUT2D eigenvalue weighted by atomic mass is 9.92. The van der Waals surface area contributed by atoms with Gasteiger partial charge in [0.1, 0.15) is 11.2 Å². The van der Waals surface area contributed by atoms with Crippen LogP contribution in [0.25, 0.3) is 196 Å². The van der Waals surface area contributed by atoms with Gasteiger partial charge in [0.2, 0.25) is 0 Å². The van der Waals surface area contributed by atoms with E-state index in [0.717, 1.165) is 106 Å². The number of aromatic nitrogens is 4. The van der Waals surface area contributed by atoms with E-state index in [1.165, 1.54) is 90.4 Å². The third-order valence-electron chi connectivity index (χ3n) is 18.9. The molecule has 16 aromatic carbocycles. The Kier molecular flexibility index (Phi) is 12.4. The predicted molar refractivity (Wildman–Crippen MR) is 397 cm³/mol. The number of fused-ring (bicyclic) bond motifs is 22. The van der Waals surface area contributed by atoms with Gasteiger partial charge in [-0.25, -0.2) is 19.9 Å². The van der Waals surface area contributed by atoms with Crippen molar-refractivity contribution < 1.29 is 4.42 Å². The normalized spacial score (nSPS) is 11.8. The molecule has 0 aliphatic heterocycles. The van der Waals surface area contributed by atoms with Crippen molar-refractivity contribution in [1.82, 2.24) is 19.9 Å². The first-order chi connectivity index (χ1) is 46.6. The Morgan fingerprint density at radius 1 is 0.234 bits per heavy atom. The molecule has 0 bridgehead atoms. The maximum Gasteiger partial charge on any atom is 0.160 e. The van der Waals surface area contributed by atoms with Gasteiger partial charge in [-0.15, -0.1) is 11.3 Å². The number of para-hydroxylation sites is 1. The molecular weight excluding hydrogens is 1160 g/mol. The summed E-state index contributed by atoms with van der Waals surface area (Å²) in [4.78, 5) is 20.3. The summed E-state index contributed by atoms with van der Waals surface area (Å²) in [5.41, 5.74) is 14.4. The molecule has 0 spiro atoms. The molecule has 0 aliphatic carbocycles. The molecule has 0 aliphatic rings. The average Bonchev–Trinajstić information content (AvgIpc) is 1.40. The zero-order valence-electron chi connectivity index (χ0n) is 50.6. The lowest BCUT2D eigenvalue weighted by Crippen LogP contribution is -1.95. The molecule has 0 radical (unpaired) electrons. The van der Waals surface area contributed by atoms with Gasteiger partial charge in [-0.2, -0.15) is 0 Å². The van der Waals surface area contributed by atoms with Gasteiger partial charge in [-0.05, 0) is 125 Å². The molecule has 5 nitrogen and oxygen atoms in total. The molecule has 94 heavy (non-hydrogen) atoms. The van der Waals surface area contributed by atoms with Crippen LogP contribution in [-0.4, -0.2) is 19.9 Å². The Hall–Kier alpha value is -12.2. The Morgan fingerprint density at radius 3 is 1.14 bits per heavy atom. The van der Waals surface area contributed by atoms with Crippen molar-refractivity contribution in [3.05, 3.63) is 315 Å². The first-order valence-electron chi connectivity index (χ1n) is 31.8. The van der Waals surface area contributed by atoms with Crippen LogP contribution < -0.4 is 0 Å². The summed E-state index contributed by atoms with van der Waals surface area (Å²) in [6.45, 7) is 0. The van der Waals surface area contributed by atoms with Crippen LogP contribution in [0.15, 0.2) is 320 Å². The average molecular weight is 1210 g/mol. The number of benzene rings is 16. The number of furan rings is 1. The minimum Gasteiger partial charge on any atom is -0.455 e. The number of hydrogen-bond donors (Lipinski definition) is 0. The third kappa shape index (κ3) is 8.76. The maximum atomic E-state index is 6.53. The van der Waals surface area contributed by atoms with Gasteiger partial charge in [0, 0.05) is 80.1 Å². The van der Waals surface area contributed by atoms with Crippen LogP contribution in [0.2, 0.25) is 0 Å². The predicted octanol–water partition coefficient (Wildman–Crippen LogP) is 24.4. The van der Waals surface area contributed by atoms with Crippen LogP contribution in [0.3, 0.4) is 0 Å². The van der Waals surface area contributed by atoms with E-state index < -0.39 is 0 Å². The van der Waals surface area contributed by atoms with Crippen molar-refractivity contribution in [2.24, 2.45) is 0 Å². The van der Waals surface area contributed by atoms with E-state index in [9.17, 15) is 0 Å². The summed E-state index contributed by atoms with van der Waals surface area (Å²) in [7, 11) is 0. The van der Waals surface area contributed by atoms with Crippen LogP contribution >= 0.6 is 11.3 Å². The molecule has 0 amide bonds. The molecule has 436 valence electrons. The minimum atomic E-state index is 0.725. The zero-order valence-corrected chi connectivity index (χ0v) is 51.4. The lowest BCUT2D eigenvalue weighted by Gasteiger charge is -2.13. The zero-order chi connectivity index (χ0) is 61.8. The van der Waals surface area contributed by atoms with Gasteiger partial charge in [0.15, 0.2) is 11.6 Å². The fourth-order valence-electron chi connectivity index (χ4n) is 14.5. The maximum absolute atomic E-state index is 6.53. The molecule has 4 heterocycles. The Labute approximate surface area is 543 Å². The minimum absolute atomic E-state index is 0.725. The molecule has 0 saturated carbocycles. The molecule has 20 rings (SSSR count). The standard InChI is InChI=1S/C44H26N2O.C44H26N2S/c2*1-3-11-27(12-4-1)42-35-23-20-30(26-38(35)45-44(46-42)28-13-5-2-6-14-28)29-19-22-32-31(25-29)21-24-37-40(32)33-15-7-8-16-34(33)41-36-17-9-10-18-39(36)47-43(37)41/h2*1-26H. The molecule has 0 unspecified atom stereocenters. The quantitative estimate of drug-likeness (QED) is 0.155. The second-order valence-electron chi connectivity index (χ2n) is 24.3. The third-order valence-corrected chi connectivity index (χ3v) is 20.1. The second kappa shape index (κ2) is 21.7. The lowest BCUT2D eigenvalue weighted by molar-refractivity contribution is 0.673. The molecule has 0 saturated heterocycles. The van der Waals surface area contributed by atoms with Crippen molar-refractivity contribution in [1.29, 1.82) is 0 Å². The topological polar surface area (TPSA) is 64.7 Å². The van der Waals surface area contributed by atoms with Gasteiger partial charge >= 0.3 is 0 Å². The van der Waals surface area contributed by atoms with E-state index in [1.54, 1.807) is 0 Å². The van der Waals surface area contributed by atoms with E-state index >= 15 is 0 Å². The fraction of sp³-hybridized carbons (Fsp3) is 0. The van der Waals surface area contributed by atoms with Crippen LogP contribution in [0.5, 0.6) is 0 Å². The summed E-state index contributed by atoms with van der Waals surface area (Å²) in [5.74, 6) is 1.46. The molecule has 4 aromatic heterocycles. The number of rotatable bonds is 6. The van der Waals surface area contributed by atoms with Crippen LogP contribution in [0.1, 0.15) is 0 Å². The Bertz CT molecular complexity index is 6070. The first kappa shape index (κ1) is 53.6. The molecule has 0 atom stereocenters. The number of thiophene rings is 1. The van der Waals surface area contributed by atoms with E-state index in [-0.39, 0.29) is 0 Å². The summed E-state index contributed by atoms with van der Waals surface area (Å²) >= 11 is 1.90. The van der Waals surface area contributed by atoms with Gasteiger partial charge < -0.3 is 4.42 Å². The van der Waals surface area contributed by atoms with Crippen LogP contribution in [-0.2, 0) is 0 Å². The van der Waals surface area contributed by atoms with Gasteiger partial charge in [0.25, 0.3) is 0 Å². The van der Waals surface area contributed by atoms with Gasteiger partial charge in [-0.1, -0.05) is 261 Å². The number of nitrogens with zero attached hydrogens (tertiary/aromatic N) is 4. The fourth-order valence-corrected chi connectivity index (χ4v) is 15.8. The van der Waals surface area contributed by atoms with Crippen molar-refractivity contribution in [3.63, 3.8) is 0 Å². The van der Waals surface area contributed by atoms with E-state index in [2.05, 4.69) is 261 Å². The second-order valence-corrected chi connectivity index (χ2v) is 25.3. The highest BCUT2D eigenvalue weighted by molar-refractivity contribution is 7.27. The van der Waals surface area contributed by atoms with Crippen LogP contribution in [0.4, 0.5) is 0 Å². The molecule has 0 N–H and O–H groups in total. The van der Waals surface area contributed by atoms with Gasteiger partial charge in [0.05, 0.1) is 22.4 Å². The smallest absolute Gasteiger partial charge is 0.160 e. The first-order valence-corrected chi connectivity index (χ1v) is 32.6. The molecular formula is C88H52N4OS. The van der Waals surface area contributed by atoms with Gasteiger partial charge in [-0.3, -0.25) is 0 Å². The summed E-state index contributed by atoms with van der Waals surface area (Å²) < 4.78 is 9.23. The number of hydrogen-bond acceptors (Lipinski definition) is 6. The molecule has 20 aromatic rings. The van der Waals surface area contributed by atoms with Crippen molar-refractivity contribution >= 4 is 140 Å². The van der Waals surface area contributed by atoms with Crippen molar-refractivity contribution in [3.8, 4) is 67.5 Å². The van der Waals surface area contributed by atoms with Crippen molar-refractivity contribution in [2.45, 2.75) is 0 Å². The SMILES string of the molecule is c1ccc(-c2nc(-c3ccccc3)c3ccc(-c4ccc5c(ccc6c7oc8ccccc8c7c7ccccc7c56)c4)cc3n2)cc1.c1ccc(-c2nc(-c3ccccc3)c3ccc(-c4ccc5c(ccc6c7sc8ccccc8c7c7ccccc7c56)c4)cc3n2)cc1. The van der Waals surface area contributed by atoms with E-state index in [1.807, 2.05) is 65.9 Å². The highest BCUT2D eigenvalue weighted by atomic mass is 32.1. The van der Waals surface area contributed by atoms with Crippen molar-refractivity contribution in [2.75, 3.05) is 0 Å². The molecule has 0 fully saturated rings. The summed E-state index contributed by atoms with van der Waals surface area (Å²) in [6, 6.07) is 112. The largest absolute Gasteiger partial charge is 0.455 e. The summed E-state index contributed by atoms with van der Waals surface area (Å²) in [6.07, 6.45) is 0. The Morgan fingerprint density at radius 2 is 0.617 bits per heavy atom. The summed E-state index contributed by atoms with van der Waals surface area (Å²) in [5, 5.41) is 22.1. The Balaban J connectivity index is 0.000000133. The van der Waals surface area contributed by atoms with E-state index in [0.29, 0.717) is 0 Å². The monoisotopic (exact) mass is 1210 g/mol. The highest BCUT2D eigenvalue weighted by Crippen LogP contribution is 2.48. The molecule has 6 heteroatoms. The van der Waals surface area contributed by atoms with Crippen LogP contribution in [0, 0.1) is 0 Å². The van der Waals surface area contributed by atoms with E-state index in [4.69, 9.17) is 24.4 Å². The highest BCUT2D eigenvalue weighted by Gasteiger charge is 2.21.